The van der Waals surface area contributed by atoms with Crippen LogP contribution in [0.1, 0.15) is 16.1 Å². The molecule has 1 aromatic heterocycles. The Labute approximate surface area is 212 Å². The number of benzene rings is 3. The van der Waals surface area contributed by atoms with Crippen LogP contribution in [0.4, 0.5) is 10.1 Å². The first-order valence-electron chi connectivity index (χ1n) is 11.4. The van der Waals surface area contributed by atoms with E-state index >= 15 is 0 Å². The lowest BCUT2D eigenvalue weighted by molar-refractivity contribution is -0.384. The molecule has 0 radical (unpaired) electrons. The Hall–Kier alpha value is -4.73. The average Bonchev–Trinajstić information content (AvgIpc) is 3.36. The number of hydrogen-bond donors (Lipinski definition) is 0. The van der Waals surface area contributed by atoms with Gasteiger partial charge in [0.15, 0.2) is 11.5 Å². The number of nitro groups is 1. The molecule has 9 nitrogen and oxygen atoms in total. The Morgan fingerprint density at radius 1 is 1.03 bits per heavy atom. The summed E-state index contributed by atoms with van der Waals surface area (Å²) < 4.78 is 26.4. The standard InChI is InChI=1S/C27H25FN4O5/c1-30(14-13-18-11-12-25(36-2)26(15-18)37-3)27(33)24-17-23(21-9-4-5-10-22(21)28)29-31(24)19-7-6-8-20(16-19)32(34)35/h4-12,15-17H,13-14H2,1-3H3. The number of ether oxygens (including phenoxy) is 2. The molecule has 0 N–H and O–H groups in total. The zero-order valence-corrected chi connectivity index (χ0v) is 20.6. The summed E-state index contributed by atoms with van der Waals surface area (Å²) in [5.74, 6) is 0.332. The van der Waals surface area contributed by atoms with Crippen molar-refractivity contribution in [3.05, 3.63) is 100.0 Å². The number of methoxy groups -OCH3 is 2. The van der Waals surface area contributed by atoms with Crippen LogP contribution in [-0.2, 0) is 6.42 Å². The van der Waals surface area contributed by atoms with Crippen LogP contribution < -0.4 is 9.47 Å². The van der Waals surface area contributed by atoms with Crippen LogP contribution in [0.25, 0.3) is 16.9 Å². The number of hydrogen-bond acceptors (Lipinski definition) is 6. The van der Waals surface area contributed by atoms with E-state index in [0.29, 0.717) is 30.2 Å². The average molecular weight is 505 g/mol. The normalized spacial score (nSPS) is 10.7. The van der Waals surface area contributed by atoms with Crippen molar-refractivity contribution in [2.75, 3.05) is 27.8 Å². The van der Waals surface area contributed by atoms with E-state index in [1.807, 2.05) is 12.1 Å². The number of likely N-dealkylation sites (N-methyl/N-ethyl adjacent to an activating group) is 1. The van der Waals surface area contributed by atoms with E-state index in [1.54, 1.807) is 51.6 Å². The molecular formula is C27H25FN4O5. The SMILES string of the molecule is COc1ccc(CCN(C)C(=O)c2cc(-c3ccccc3F)nn2-c2cccc([N+](=O)[O-])c2)cc1OC. The first kappa shape index (κ1) is 25.4. The van der Waals surface area contributed by atoms with Crippen LogP contribution >= 0.6 is 0 Å². The second-order valence-corrected chi connectivity index (χ2v) is 8.25. The molecule has 0 unspecified atom stereocenters. The first-order chi connectivity index (χ1) is 17.8. The van der Waals surface area contributed by atoms with Crippen molar-refractivity contribution in [2.45, 2.75) is 6.42 Å². The molecule has 0 aliphatic carbocycles. The zero-order valence-electron chi connectivity index (χ0n) is 20.6. The van der Waals surface area contributed by atoms with Crippen LogP contribution in [-0.4, -0.2) is 53.3 Å². The van der Waals surface area contributed by atoms with Gasteiger partial charge in [0.25, 0.3) is 11.6 Å². The van der Waals surface area contributed by atoms with Gasteiger partial charge in [-0.15, -0.1) is 0 Å². The Morgan fingerprint density at radius 3 is 2.49 bits per heavy atom. The number of rotatable bonds is 9. The molecule has 0 fully saturated rings. The Balaban J connectivity index is 1.66. The molecule has 4 rings (SSSR count). The minimum absolute atomic E-state index is 0.147. The van der Waals surface area contributed by atoms with Gasteiger partial charge in [-0.25, -0.2) is 9.07 Å². The molecule has 1 amide bonds. The maximum atomic E-state index is 14.5. The summed E-state index contributed by atoms with van der Waals surface area (Å²) >= 11 is 0. The third kappa shape index (κ3) is 5.43. The Bertz CT molecular complexity index is 1450. The molecule has 3 aromatic carbocycles. The lowest BCUT2D eigenvalue weighted by Gasteiger charge is -2.18. The summed E-state index contributed by atoms with van der Waals surface area (Å²) in [6, 6.07) is 18.9. The highest BCUT2D eigenvalue weighted by molar-refractivity contribution is 5.94. The van der Waals surface area contributed by atoms with Gasteiger partial charge in [-0.3, -0.25) is 14.9 Å². The molecule has 4 aromatic rings. The van der Waals surface area contributed by atoms with E-state index in [9.17, 15) is 19.3 Å². The number of nitro benzene ring substituents is 1. The van der Waals surface area contributed by atoms with Crippen molar-refractivity contribution in [3.63, 3.8) is 0 Å². The van der Waals surface area contributed by atoms with Gasteiger partial charge in [-0.05, 0) is 48.4 Å². The molecule has 0 bridgehead atoms. The molecule has 0 spiro atoms. The third-order valence-electron chi connectivity index (χ3n) is 5.89. The number of non-ortho nitro benzene ring substituents is 1. The molecule has 10 heteroatoms. The third-order valence-corrected chi connectivity index (χ3v) is 5.89. The van der Waals surface area contributed by atoms with E-state index in [2.05, 4.69) is 5.10 Å². The lowest BCUT2D eigenvalue weighted by atomic mass is 10.1. The first-order valence-corrected chi connectivity index (χ1v) is 11.4. The van der Waals surface area contributed by atoms with Crippen molar-refractivity contribution in [3.8, 4) is 28.4 Å². The number of halogens is 1. The summed E-state index contributed by atoms with van der Waals surface area (Å²) in [5.41, 5.74) is 1.70. The van der Waals surface area contributed by atoms with Crippen LogP contribution in [0.3, 0.4) is 0 Å². The summed E-state index contributed by atoms with van der Waals surface area (Å²) in [5, 5.41) is 15.8. The summed E-state index contributed by atoms with van der Waals surface area (Å²) in [6.45, 7) is 0.365. The van der Waals surface area contributed by atoms with Gasteiger partial charge in [0.05, 0.1) is 30.5 Å². The van der Waals surface area contributed by atoms with E-state index in [-0.39, 0.29) is 28.5 Å². The largest absolute Gasteiger partial charge is 0.493 e. The van der Waals surface area contributed by atoms with Crippen LogP contribution in [0.15, 0.2) is 72.8 Å². The predicted molar refractivity (Wildman–Crippen MR) is 136 cm³/mol. The molecular weight excluding hydrogens is 479 g/mol. The van der Waals surface area contributed by atoms with Crippen LogP contribution in [0.5, 0.6) is 11.5 Å². The summed E-state index contributed by atoms with van der Waals surface area (Å²) in [7, 11) is 4.76. The van der Waals surface area contributed by atoms with Gasteiger partial charge in [-0.1, -0.05) is 24.3 Å². The van der Waals surface area contributed by atoms with Crippen molar-refractivity contribution >= 4 is 11.6 Å². The van der Waals surface area contributed by atoms with Crippen molar-refractivity contribution in [1.82, 2.24) is 14.7 Å². The summed E-state index contributed by atoms with van der Waals surface area (Å²) in [4.78, 5) is 25.8. The molecule has 0 saturated heterocycles. The zero-order chi connectivity index (χ0) is 26.5. The summed E-state index contributed by atoms with van der Waals surface area (Å²) in [6.07, 6.45) is 0.535. The molecule has 190 valence electrons. The monoisotopic (exact) mass is 504 g/mol. The second kappa shape index (κ2) is 10.9. The van der Waals surface area contributed by atoms with Gasteiger partial charge >= 0.3 is 0 Å². The van der Waals surface area contributed by atoms with Crippen LogP contribution in [0, 0.1) is 15.9 Å². The van der Waals surface area contributed by atoms with E-state index in [1.165, 1.54) is 39.9 Å². The second-order valence-electron chi connectivity index (χ2n) is 8.25. The Morgan fingerprint density at radius 2 is 1.78 bits per heavy atom. The number of nitrogens with zero attached hydrogens (tertiary/aromatic N) is 4. The van der Waals surface area contributed by atoms with Gasteiger partial charge < -0.3 is 14.4 Å². The van der Waals surface area contributed by atoms with E-state index < -0.39 is 10.7 Å². The highest BCUT2D eigenvalue weighted by atomic mass is 19.1. The fourth-order valence-corrected chi connectivity index (χ4v) is 3.90. The predicted octanol–water partition coefficient (Wildman–Crippen LogP) is 4.92. The van der Waals surface area contributed by atoms with Gasteiger partial charge in [0, 0.05) is 31.3 Å². The van der Waals surface area contributed by atoms with Gasteiger partial charge in [0.2, 0.25) is 0 Å². The molecule has 0 atom stereocenters. The minimum Gasteiger partial charge on any atom is -0.493 e. The minimum atomic E-state index is -0.526. The number of carbonyl (C=O) groups is 1. The number of amides is 1. The quantitative estimate of drug-likeness (QED) is 0.237. The van der Waals surface area contributed by atoms with Crippen molar-refractivity contribution in [1.29, 1.82) is 0 Å². The molecule has 0 aliphatic rings. The number of carbonyl (C=O) groups excluding carboxylic acids is 1. The van der Waals surface area contributed by atoms with Crippen molar-refractivity contribution < 1.29 is 23.6 Å². The maximum Gasteiger partial charge on any atom is 0.272 e. The van der Waals surface area contributed by atoms with Crippen LogP contribution in [0.2, 0.25) is 0 Å². The number of aromatic nitrogens is 2. The Kier molecular flexibility index (Phi) is 7.47. The maximum absolute atomic E-state index is 14.5. The highest BCUT2D eigenvalue weighted by Gasteiger charge is 2.23. The van der Waals surface area contributed by atoms with E-state index in [0.717, 1.165) is 5.56 Å². The highest BCUT2D eigenvalue weighted by Crippen LogP contribution is 2.28. The molecule has 0 aliphatic heterocycles. The lowest BCUT2D eigenvalue weighted by Crippen LogP contribution is -2.30. The van der Waals surface area contributed by atoms with Crippen molar-refractivity contribution in [2.24, 2.45) is 0 Å². The van der Waals surface area contributed by atoms with Gasteiger partial charge in [0.1, 0.15) is 11.5 Å². The molecule has 37 heavy (non-hydrogen) atoms. The van der Waals surface area contributed by atoms with E-state index in [4.69, 9.17) is 9.47 Å². The topological polar surface area (TPSA) is 99.7 Å². The smallest absolute Gasteiger partial charge is 0.272 e. The fourth-order valence-electron chi connectivity index (χ4n) is 3.90. The van der Waals surface area contributed by atoms with Gasteiger partial charge in [-0.2, -0.15) is 5.10 Å². The molecule has 0 saturated carbocycles. The molecule has 1 heterocycles. The fraction of sp³-hybridized carbons (Fsp3) is 0.185.